The molecule has 0 aliphatic carbocycles. The van der Waals surface area contributed by atoms with Gasteiger partial charge < -0.3 is 15.4 Å². The number of rotatable bonds is 3. The van der Waals surface area contributed by atoms with Gasteiger partial charge >= 0.3 is 0 Å². The van der Waals surface area contributed by atoms with E-state index in [1.807, 2.05) is 29.9 Å². The molecule has 16 heavy (non-hydrogen) atoms. The van der Waals surface area contributed by atoms with Gasteiger partial charge in [-0.05, 0) is 18.7 Å². The molecule has 0 saturated heterocycles. The molecule has 0 amide bonds. The Hall–Kier alpha value is -1.81. The summed E-state index contributed by atoms with van der Waals surface area (Å²) in [6, 6.07) is 7.19. The van der Waals surface area contributed by atoms with Crippen molar-refractivity contribution in [3.63, 3.8) is 0 Å². The molecule has 0 bridgehead atoms. The minimum Gasteiger partial charge on any atom is -0.507 e. The van der Waals surface area contributed by atoms with Crippen LogP contribution >= 0.6 is 0 Å². The molecule has 1 aromatic carbocycles. The van der Waals surface area contributed by atoms with Gasteiger partial charge in [-0.25, -0.2) is 4.98 Å². The summed E-state index contributed by atoms with van der Waals surface area (Å²) >= 11 is 0. The van der Waals surface area contributed by atoms with E-state index in [0.29, 0.717) is 6.54 Å². The minimum atomic E-state index is 0.246. The molecule has 0 aliphatic heterocycles. The van der Waals surface area contributed by atoms with Crippen molar-refractivity contribution in [2.75, 3.05) is 6.54 Å². The lowest BCUT2D eigenvalue weighted by atomic mass is 10.2. The van der Waals surface area contributed by atoms with Crippen molar-refractivity contribution in [3.8, 4) is 17.1 Å². The summed E-state index contributed by atoms with van der Waals surface area (Å²) in [5.41, 5.74) is 7.18. The van der Waals surface area contributed by atoms with E-state index in [9.17, 15) is 5.11 Å². The molecular formula is C12H15N3O. The molecule has 3 N–H and O–H groups in total. The van der Waals surface area contributed by atoms with E-state index in [1.54, 1.807) is 12.1 Å². The Morgan fingerprint density at radius 2 is 2.12 bits per heavy atom. The quantitative estimate of drug-likeness (QED) is 0.814. The zero-order valence-corrected chi connectivity index (χ0v) is 9.22. The normalized spacial score (nSPS) is 10.6. The maximum absolute atomic E-state index is 9.75. The summed E-state index contributed by atoms with van der Waals surface area (Å²) in [5, 5.41) is 9.75. The third-order valence-corrected chi connectivity index (χ3v) is 2.47. The number of nitrogens with two attached hydrogens (primary N) is 1. The van der Waals surface area contributed by atoms with Crippen LogP contribution in [0.3, 0.4) is 0 Å². The zero-order chi connectivity index (χ0) is 11.5. The van der Waals surface area contributed by atoms with Crippen molar-refractivity contribution < 1.29 is 5.11 Å². The van der Waals surface area contributed by atoms with Gasteiger partial charge in [0.05, 0.1) is 11.3 Å². The number of aromatic nitrogens is 2. The standard InChI is InChI=1S/C12H15N3O/c1-15-8-9(6-7-13)14-12(15)10-4-2-3-5-11(10)16/h2-5,8,16H,6-7,13H2,1H3. The average molecular weight is 217 g/mol. The van der Waals surface area contributed by atoms with Crippen LogP contribution in [-0.2, 0) is 13.5 Å². The summed E-state index contributed by atoms with van der Waals surface area (Å²) in [4.78, 5) is 4.45. The second-order valence-corrected chi connectivity index (χ2v) is 3.72. The Kier molecular flexibility index (Phi) is 2.92. The molecule has 0 saturated carbocycles. The molecule has 4 nitrogen and oxygen atoms in total. The van der Waals surface area contributed by atoms with Crippen LogP contribution in [0.4, 0.5) is 0 Å². The van der Waals surface area contributed by atoms with Crippen molar-refractivity contribution in [2.24, 2.45) is 12.8 Å². The first-order valence-corrected chi connectivity index (χ1v) is 5.23. The Morgan fingerprint density at radius 3 is 2.81 bits per heavy atom. The first-order valence-electron chi connectivity index (χ1n) is 5.23. The molecule has 0 radical (unpaired) electrons. The number of benzene rings is 1. The van der Waals surface area contributed by atoms with Crippen LogP contribution in [0.1, 0.15) is 5.69 Å². The molecule has 2 rings (SSSR count). The molecule has 1 heterocycles. The van der Waals surface area contributed by atoms with Crippen LogP contribution in [0.15, 0.2) is 30.5 Å². The van der Waals surface area contributed by atoms with E-state index in [0.717, 1.165) is 23.5 Å². The lowest BCUT2D eigenvalue weighted by Gasteiger charge is -2.03. The fourth-order valence-electron chi connectivity index (χ4n) is 1.71. The van der Waals surface area contributed by atoms with E-state index in [2.05, 4.69) is 4.98 Å². The van der Waals surface area contributed by atoms with Crippen LogP contribution < -0.4 is 5.73 Å². The lowest BCUT2D eigenvalue weighted by molar-refractivity contribution is 0.476. The Labute approximate surface area is 94.4 Å². The number of hydrogen-bond acceptors (Lipinski definition) is 3. The SMILES string of the molecule is Cn1cc(CCN)nc1-c1ccccc1O. The van der Waals surface area contributed by atoms with Crippen LogP contribution in [0.2, 0.25) is 0 Å². The van der Waals surface area contributed by atoms with E-state index < -0.39 is 0 Å². The van der Waals surface area contributed by atoms with E-state index in [1.165, 1.54) is 0 Å². The summed E-state index contributed by atoms with van der Waals surface area (Å²) < 4.78 is 1.90. The highest BCUT2D eigenvalue weighted by molar-refractivity contribution is 5.64. The molecule has 0 atom stereocenters. The highest BCUT2D eigenvalue weighted by Gasteiger charge is 2.10. The number of phenolic OH excluding ortho intramolecular Hbond substituents is 1. The van der Waals surface area contributed by atoms with E-state index in [4.69, 9.17) is 5.73 Å². The van der Waals surface area contributed by atoms with Crippen molar-refractivity contribution in [1.82, 2.24) is 9.55 Å². The topological polar surface area (TPSA) is 64.1 Å². The minimum absolute atomic E-state index is 0.246. The first kappa shape index (κ1) is 10.7. The predicted octanol–water partition coefficient (Wildman–Crippen LogP) is 1.29. The molecule has 0 spiro atoms. The van der Waals surface area contributed by atoms with Crippen LogP contribution in [0.5, 0.6) is 5.75 Å². The zero-order valence-electron chi connectivity index (χ0n) is 9.22. The molecular weight excluding hydrogens is 202 g/mol. The van der Waals surface area contributed by atoms with Gasteiger partial charge in [0.1, 0.15) is 11.6 Å². The fourth-order valence-corrected chi connectivity index (χ4v) is 1.71. The highest BCUT2D eigenvalue weighted by Crippen LogP contribution is 2.27. The summed E-state index contributed by atoms with van der Waals surface area (Å²) in [7, 11) is 1.91. The number of imidazole rings is 1. The van der Waals surface area contributed by atoms with Gasteiger partial charge in [0.2, 0.25) is 0 Å². The smallest absolute Gasteiger partial charge is 0.143 e. The van der Waals surface area contributed by atoms with Crippen molar-refractivity contribution in [1.29, 1.82) is 0 Å². The van der Waals surface area contributed by atoms with Gasteiger partial charge in [-0.15, -0.1) is 0 Å². The molecule has 0 aliphatic rings. The van der Waals surface area contributed by atoms with Crippen molar-refractivity contribution in [3.05, 3.63) is 36.2 Å². The highest BCUT2D eigenvalue weighted by atomic mass is 16.3. The molecule has 2 aromatic rings. The average Bonchev–Trinajstić information content (AvgIpc) is 2.61. The molecule has 4 heteroatoms. The number of phenols is 1. The second kappa shape index (κ2) is 4.37. The number of hydrogen-bond donors (Lipinski definition) is 2. The number of aryl methyl sites for hydroxylation is 1. The number of para-hydroxylation sites is 1. The van der Waals surface area contributed by atoms with Gasteiger partial charge in [-0.1, -0.05) is 12.1 Å². The van der Waals surface area contributed by atoms with Crippen LogP contribution in [0.25, 0.3) is 11.4 Å². The van der Waals surface area contributed by atoms with Gasteiger partial charge in [-0.2, -0.15) is 0 Å². The number of aromatic hydroxyl groups is 1. The lowest BCUT2D eigenvalue weighted by Crippen LogP contribution is -2.02. The van der Waals surface area contributed by atoms with E-state index in [-0.39, 0.29) is 5.75 Å². The molecule has 0 fully saturated rings. The van der Waals surface area contributed by atoms with Crippen molar-refractivity contribution >= 4 is 0 Å². The maximum Gasteiger partial charge on any atom is 0.143 e. The third-order valence-electron chi connectivity index (χ3n) is 2.47. The Balaban J connectivity index is 2.44. The summed E-state index contributed by atoms with van der Waals surface area (Å²) in [6.07, 6.45) is 2.69. The predicted molar refractivity (Wildman–Crippen MR) is 63.1 cm³/mol. The first-order chi connectivity index (χ1) is 7.72. The fraction of sp³-hybridized carbons (Fsp3) is 0.250. The monoisotopic (exact) mass is 217 g/mol. The summed E-state index contributed by atoms with van der Waals surface area (Å²) in [6.45, 7) is 0.581. The molecule has 0 unspecified atom stereocenters. The third kappa shape index (κ3) is 1.92. The van der Waals surface area contributed by atoms with Crippen molar-refractivity contribution in [2.45, 2.75) is 6.42 Å². The molecule has 1 aromatic heterocycles. The maximum atomic E-state index is 9.75. The van der Waals surface area contributed by atoms with Crippen LogP contribution in [-0.4, -0.2) is 21.2 Å². The summed E-state index contributed by atoms with van der Waals surface area (Å²) in [5.74, 6) is 1.01. The van der Waals surface area contributed by atoms with Gasteiger partial charge in [0.15, 0.2) is 0 Å². The van der Waals surface area contributed by atoms with Crippen LogP contribution in [0, 0.1) is 0 Å². The van der Waals surface area contributed by atoms with Gasteiger partial charge in [-0.3, -0.25) is 0 Å². The number of nitrogens with zero attached hydrogens (tertiary/aromatic N) is 2. The Bertz CT molecular complexity index is 491. The van der Waals surface area contributed by atoms with Gasteiger partial charge in [0.25, 0.3) is 0 Å². The van der Waals surface area contributed by atoms with Gasteiger partial charge in [0, 0.05) is 19.7 Å². The largest absolute Gasteiger partial charge is 0.507 e. The molecule has 84 valence electrons. The second-order valence-electron chi connectivity index (χ2n) is 3.72. The van der Waals surface area contributed by atoms with E-state index >= 15 is 0 Å². The Morgan fingerprint density at radius 1 is 1.38 bits per heavy atom.